The smallest absolute Gasteiger partial charge is 0.332 e. The Balaban J connectivity index is 0.000000164. The van der Waals surface area contributed by atoms with Crippen LogP contribution < -0.4 is 47.4 Å². The Morgan fingerprint density at radius 1 is 0.549 bits per heavy atom. The summed E-state index contributed by atoms with van der Waals surface area (Å²) in [5, 5.41) is 68.6. The van der Waals surface area contributed by atoms with E-state index in [1.165, 1.54) is 51.6 Å². The molecule has 4 fully saturated rings. The van der Waals surface area contributed by atoms with Gasteiger partial charge < -0.3 is 82.4 Å². The van der Waals surface area contributed by atoms with Crippen LogP contribution in [0.15, 0.2) is 36.4 Å². The molecule has 14 aliphatic rings. The first kappa shape index (κ1) is 76.3. The first-order valence-electron chi connectivity index (χ1n) is 38.3. The molecule has 20 rings (SSSR count). The number of carbonyl (C=O) groups excluding carboxylic acids is 4. The van der Waals surface area contributed by atoms with Crippen LogP contribution in [-0.4, -0.2) is 222 Å². The van der Waals surface area contributed by atoms with Crippen molar-refractivity contribution in [2.24, 2.45) is 0 Å². The molecule has 5 N–H and O–H groups in total. The summed E-state index contributed by atoms with van der Waals surface area (Å²) >= 11 is 3.03. The first-order chi connectivity index (χ1) is 54.3. The number of aliphatic hydroxyl groups excluding tert-OH is 1. The van der Waals surface area contributed by atoms with Crippen LogP contribution in [0, 0.1) is 39.0 Å². The fourth-order valence-electron chi connectivity index (χ4n) is 21.4. The van der Waals surface area contributed by atoms with Gasteiger partial charge in [0.25, 0.3) is 0 Å². The molecule has 0 aromatic heterocycles. The highest BCUT2D eigenvalue weighted by Gasteiger charge is 2.65. The zero-order chi connectivity index (χ0) is 79.8. The molecule has 0 radical (unpaired) electrons. The van der Waals surface area contributed by atoms with Gasteiger partial charge in [0, 0.05) is 101 Å². The van der Waals surface area contributed by atoms with Gasteiger partial charge in [-0.15, -0.1) is 23.5 Å². The minimum absolute atomic E-state index is 0.0105. The average molecular weight is 1590 g/mol. The van der Waals surface area contributed by atoms with E-state index in [1.807, 2.05) is 66.6 Å². The number of hydrogen-bond donors (Lipinski definition) is 5. The molecule has 598 valence electrons. The van der Waals surface area contributed by atoms with E-state index in [4.69, 9.17) is 56.8 Å². The molecule has 30 heteroatoms. The van der Waals surface area contributed by atoms with E-state index in [2.05, 4.69) is 36.6 Å². The Bertz CT molecular complexity index is 5080. The van der Waals surface area contributed by atoms with Gasteiger partial charge in [-0.2, -0.15) is 5.26 Å². The van der Waals surface area contributed by atoms with Crippen LogP contribution >= 0.6 is 23.5 Å². The monoisotopic (exact) mass is 1590 g/mol. The first-order valence-corrected chi connectivity index (χ1v) is 40.4. The van der Waals surface area contributed by atoms with Crippen molar-refractivity contribution in [2.75, 3.05) is 107 Å². The summed E-state index contributed by atoms with van der Waals surface area (Å²) in [6.45, 7) is 15.9. The van der Waals surface area contributed by atoms with Crippen LogP contribution in [-0.2, 0) is 65.4 Å². The van der Waals surface area contributed by atoms with E-state index >= 15 is 9.59 Å². The second-order valence-corrected chi connectivity index (χ2v) is 33.5. The number of phenolic OH excluding ortho intramolecular Hbond substituents is 4. The van der Waals surface area contributed by atoms with Crippen molar-refractivity contribution in [3.63, 3.8) is 0 Å². The molecule has 28 nitrogen and oxygen atoms in total. The van der Waals surface area contributed by atoms with Gasteiger partial charge in [0.2, 0.25) is 13.6 Å². The summed E-state index contributed by atoms with van der Waals surface area (Å²) in [6.07, 6.45) is 1.10. The Kier molecular flexibility index (Phi) is 19.1. The third-order valence-electron chi connectivity index (χ3n) is 26.1. The van der Waals surface area contributed by atoms with E-state index in [9.17, 15) is 40.4 Å². The second-order valence-electron chi connectivity index (χ2n) is 31.2. The van der Waals surface area contributed by atoms with E-state index in [-0.39, 0.29) is 84.9 Å². The lowest BCUT2D eigenvalue weighted by molar-refractivity contribution is -0.188. The Hall–Kier alpha value is -9.29. The number of aliphatic hydroxyl groups is 1. The number of nitrogens with zero attached hydrogens (tertiary/aromatic N) is 7. The Morgan fingerprint density at radius 3 is 1.38 bits per heavy atom. The van der Waals surface area contributed by atoms with Gasteiger partial charge in [-0.3, -0.25) is 39.0 Å². The molecule has 14 heterocycles. The summed E-state index contributed by atoms with van der Waals surface area (Å²) in [5.41, 5.74) is 9.12. The standard InChI is InChI=1S/C42H46N4O10S.C41H47N3O11S/c1-8-45-10-9-22-13-28(48)29(51-6)14-24(22)42(45)17-57-40-32-31(39-38(54-18-55-39)20(3)37(32)56-21(4)47)27(16-53-41(42)50)46-26(15-43)25-12-23-11-19(2)36(52-7)35(49)30(23)33(34(40)46)44(25)5;1-8-43-10-9-21-13-26(46)27(50-6)14-23(21)41(43)16-56-38-30-29(37-36(53-17-54-37)19(3)35(30)55-20(4)45)25(15-52-40(41)49)44-32(38)31-28-22(12-24(39(44)48)42(31)5)11-18(2)34(51-7)33(28)47/h11,13-14,25-27,33-34,40,48-49H,8-10,12,16-18H2,1-7H3;11,13-14,24-25,31-32,38-39,46-48H,8-10,12,15-17H2,1-7H3/t25-,26-,27-,33+,34?,40+,42+;24-,25-,31+,32?,38+,39-,41+/m00/s1. The maximum Gasteiger partial charge on any atom is 0.332 e. The van der Waals surface area contributed by atoms with Crippen LogP contribution in [0.2, 0.25) is 0 Å². The number of rotatable bonds is 8. The number of thioether (sulfide) groups is 2. The molecule has 113 heavy (non-hydrogen) atoms. The lowest BCUT2D eigenvalue weighted by Gasteiger charge is -2.62. The van der Waals surface area contributed by atoms with Gasteiger partial charge in [0.1, 0.15) is 37.0 Å². The van der Waals surface area contributed by atoms with Crippen LogP contribution in [0.25, 0.3) is 0 Å². The number of nitriles is 1. The number of likely N-dealkylation sites (N-methyl/N-ethyl adjacent to an activating group) is 4. The third-order valence-corrected chi connectivity index (χ3v) is 29.1. The van der Waals surface area contributed by atoms with Gasteiger partial charge in [-0.05, 0) is 149 Å². The van der Waals surface area contributed by atoms with E-state index < -0.39 is 94.0 Å². The van der Waals surface area contributed by atoms with E-state index in [1.54, 1.807) is 38.5 Å². The van der Waals surface area contributed by atoms with Crippen molar-refractivity contribution in [3.8, 4) is 86.6 Å². The third kappa shape index (κ3) is 10.9. The van der Waals surface area contributed by atoms with E-state index in [0.29, 0.717) is 153 Å². The van der Waals surface area contributed by atoms with Crippen molar-refractivity contribution in [3.05, 3.63) is 125 Å². The number of piperazine rings is 2. The minimum atomic E-state index is -1.31. The zero-order valence-electron chi connectivity index (χ0n) is 65.5. The highest BCUT2D eigenvalue weighted by atomic mass is 32.2. The van der Waals surface area contributed by atoms with Crippen molar-refractivity contribution in [1.82, 2.24) is 29.4 Å². The molecule has 14 atom stereocenters. The number of hydrogen-bond acceptors (Lipinski definition) is 30. The molecule has 4 saturated heterocycles. The highest BCUT2D eigenvalue weighted by Crippen LogP contribution is 2.68. The van der Waals surface area contributed by atoms with Crippen LogP contribution in [0.5, 0.6) is 80.5 Å². The van der Waals surface area contributed by atoms with Crippen molar-refractivity contribution in [2.45, 2.75) is 163 Å². The van der Waals surface area contributed by atoms with Gasteiger partial charge in [-0.1, -0.05) is 26.0 Å². The second kappa shape index (κ2) is 28.3. The summed E-state index contributed by atoms with van der Waals surface area (Å²) in [5.74, 6) is 2.23. The van der Waals surface area contributed by atoms with Gasteiger partial charge in [0.05, 0.1) is 75.2 Å². The maximum absolute atomic E-state index is 15.1. The van der Waals surface area contributed by atoms with Crippen LogP contribution in [0.4, 0.5) is 0 Å². The molecule has 0 amide bonds. The van der Waals surface area contributed by atoms with Gasteiger partial charge >= 0.3 is 23.9 Å². The number of phenols is 4. The number of methoxy groups -OCH3 is 4. The number of aromatic hydroxyl groups is 4. The summed E-state index contributed by atoms with van der Waals surface area (Å²) in [7, 11) is 10.0. The van der Waals surface area contributed by atoms with Gasteiger partial charge in [0.15, 0.2) is 80.1 Å². The molecular formula is C83H93N7O21S2. The predicted molar refractivity (Wildman–Crippen MR) is 411 cm³/mol. The van der Waals surface area contributed by atoms with Crippen molar-refractivity contribution in [1.29, 1.82) is 5.26 Å². The van der Waals surface area contributed by atoms with Crippen molar-refractivity contribution >= 4 is 47.4 Å². The number of fused-ring (bicyclic) bond motifs is 18. The number of carbonyl (C=O) groups is 4. The maximum atomic E-state index is 15.1. The quantitative estimate of drug-likeness (QED) is 0.0701. The lowest BCUT2D eigenvalue weighted by atomic mass is 9.71. The fourth-order valence-corrected chi connectivity index (χ4v) is 24.9. The summed E-state index contributed by atoms with van der Waals surface area (Å²) in [4.78, 5) is 69.0. The van der Waals surface area contributed by atoms with Crippen molar-refractivity contribution < 1.29 is 102 Å². The van der Waals surface area contributed by atoms with Crippen LogP contribution in [0.1, 0.15) is 151 Å². The summed E-state index contributed by atoms with van der Waals surface area (Å²) < 4.78 is 72.8. The Labute approximate surface area is 662 Å². The highest BCUT2D eigenvalue weighted by molar-refractivity contribution is 7.99. The molecule has 2 spiro atoms. The zero-order valence-corrected chi connectivity index (χ0v) is 67.1. The fraction of sp³-hybridized carbons (Fsp3) is 0.506. The predicted octanol–water partition coefficient (Wildman–Crippen LogP) is 8.86. The number of ether oxygens (including phenoxy) is 12. The molecule has 14 aliphatic heterocycles. The average Bonchev–Trinajstić information content (AvgIpc) is 1.26. The van der Waals surface area contributed by atoms with E-state index in [0.717, 1.165) is 33.4 Å². The Morgan fingerprint density at radius 2 is 0.965 bits per heavy atom. The molecule has 6 aromatic rings. The normalized spacial score (nSPS) is 28.9. The van der Waals surface area contributed by atoms with Crippen LogP contribution in [0.3, 0.4) is 0 Å². The molecule has 0 aliphatic carbocycles. The van der Waals surface area contributed by atoms with Gasteiger partial charge in [-0.25, -0.2) is 9.59 Å². The SMILES string of the molecule is CCN1CCc2cc(O)c(OC)cc2[C@@]12CS[C@@H]1c3c(OC(C)=O)c(C)c4c(c3[C@H](COC2=O)N2C1[C@H]1c3c(cc(C)c(OC)c3O)C[C@@H]([C@@H]2C#N)N1C)OCO4.CCN1CCc2cc(O)c(OC)cc2[C@@]12CS[C@@H]1c3c(OC(C)=O)c(C)c4c(c3[C@H](COC2=O)N2C1[C@H]1c3c(cc(C)c(OC)c3O)C[C@@H]([C@@H]2O)N1C)OCO4. The number of aryl methyl sites for hydroxylation is 2. The molecule has 8 bridgehead atoms. The number of benzene rings is 6. The molecule has 6 aromatic carbocycles. The molecule has 0 saturated carbocycles. The molecular weight excluding hydrogens is 1500 g/mol. The molecule has 2 unspecified atom stereocenters. The minimum Gasteiger partial charge on any atom is -0.504 e. The number of esters is 4. The topological polar surface area (TPSA) is 323 Å². The largest absolute Gasteiger partial charge is 0.504 e. The lowest BCUT2D eigenvalue weighted by Crippen LogP contribution is -2.70. The summed E-state index contributed by atoms with van der Waals surface area (Å²) in [6, 6.07) is 8.61.